The van der Waals surface area contributed by atoms with E-state index in [0.717, 1.165) is 0 Å². The summed E-state index contributed by atoms with van der Waals surface area (Å²) in [6, 6.07) is 1.91. The second-order valence-corrected chi connectivity index (χ2v) is 5.27. The summed E-state index contributed by atoms with van der Waals surface area (Å²) < 4.78 is 19.5. The van der Waals surface area contributed by atoms with Crippen LogP contribution >= 0.6 is 11.6 Å². The van der Waals surface area contributed by atoms with E-state index in [4.69, 9.17) is 16.3 Å². The molecule has 1 aliphatic carbocycles. The Kier molecular flexibility index (Phi) is 4.99. The molecule has 0 spiro atoms. The number of hydrogen-bond acceptors (Lipinski definition) is 3. The van der Waals surface area contributed by atoms with Crippen molar-refractivity contribution >= 4 is 17.4 Å². The van der Waals surface area contributed by atoms with Crippen LogP contribution in [0.15, 0.2) is 12.3 Å². The van der Waals surface area contributed by atoms with Crippen LogP contribution in [0.25, 0.3) is 0 Å². The van der Waals surface area contributed by atoms with Gasteiger partial charge in [-0.25, -0.2) is 9.37 Å². The Labute approximate surface area is 118 Å². The highest BCUT2D eigenvalue weighted by molar-refractivity contribution is 6.17. The fourth-order valence-electron chi connectivity index (χ4n) is 2.30. The number of alkyl halides is 1. The first-order valence-electron chi connectivity index (χ1n) is 6.64. The first-order chi connectivity index (χ1) is 9.19. The van der Waals surface area contributed by atoms with Gasteiger partial charge in [0, 0.05) is 31.5 Å². The summed E-state index contributed by atoms with van der Waals surface area (Å²) in [7, 11) is 1.65. The minimum absolute atomic E-state index is 0.164. The van der Waals surface area contributed by atoms with E-state index >= 15 is 0 Å². The molecular weight excluding hydrogens is 267 g/mol. The van der Waals surface area contributed by atoms with Crippen LogP contribution in [0.3, 0.4) is 0 Å². The van der Waals surface area contributed by atoms with Crippen LogP contribution < -0.4 is 4.90 Å². The first kappa shape index (κ1) is 14.5. The van der Waals surface area contributed by atoms with Crippen LogP contribution in [0.4, 0.5) is 10.2 Å². The zero-order valence-electron chi connectivity index (χ0n) is 11.4. The lowest BCUT2D eigenvalue weighted by Gasteiger charge is -2.30. The van der Waals surface area contributed by atoms with Gasteiger partial charge in [0.1, 0.15) is 0 Å². The zero-order chi connectivity index (χ0) is 13.8. The van der Waals surface area contributed by atoms with Gasteiger partial charge in [0.2, 0.25) is 0 Å². The van der Waals surface area contributed by atoms with E-state index in [-0.39, 0.29) is 17.7 Å². The Bertz CT molecular complexity index is 426. The average molecular weight is 287 g/mol. The second-order valence-electron chi connectivity index (χ2n) is 5.01. The summed E-state index contributed by atoms with van der Waals surface area (Å²) in [5.74, 6) is 0.894. The summed E-state index contributed by atoms with van der Waals surface area (Å²) in [6.45, 7) is 3.33. The van der Waals surface area contributed by atoms with Crippen molar-refractivity contribution < 1.29 is 9.13 Å². The quantitative estimate of drug-likeness (QED) is 0.720. The van der Waals surface area contributed by atoms with Gasteiger partial charge in [-0.2, -0.15) is 0 Å². The molecule has 1 aromatic rings. The van der Waals surface area contributed by atoms with Gasteiger partial charge in [-0.1, -0.05) is 0 Å². The van der Waals surface area contributed by atoms with E-state index in [1.807, 2.05) is 4.90 Å². The van der Waals surface area contributed by atoms with E-state index in [2.05, 4.69) is 11.9 Å². The third-order valence-electron chi connectivity index (χ3n) is 3.70. The Morgan fingerprint density at radius 3 is 2.89 bits per heavy atom. The summed E-state index contributed by atoms with van der Waals surface area (Å²) >= 11 is 5.76. The standard InChI is InChI=1S/C14H20ClFN2O/c1-10(11-3-4-11)18(7-8-19-2)14-13(16)12(9-15)5-6-17-14/h5-6,10-11H,3-4,7-9H2,1-2H3. The van der Waals surface area contributed by atoms with E-state index in [9.17, 15) is 4.39 Å². The largest absolute Gasteiger partial charge is 0.383 e. The number of pyridine rings is 1. The van der Waals surface area contributed by atoms with Gasteiger partial charge >= 0.3 is 0 Å². The van der Waals surface area contributed by atoms with E-state index < -0.39 is 0 Å². The molecule has 0 aromatic carbocycles. The number of rotatable bonds is 7. The number of halogens is 2. The molecule has 3 nitrogen and oxygen atoms in total. The molecule has 1 saturated carbocycles. The molecule has 0 bridgehead atoms. The predicted molar refractivity (Wildman–Crippen MR) is 75.2 cm³/mol. The minimum Gasteiger partial charge on any atom is -0.383 e. The Hall–Kier alpha value is -0.870. The molecule has 0 saturated heterocycles. The smallest absolute Gasteiger partial charge is 0.170 e. The maximum absolute atomic E-state index is 14.4. The van der Waals surface area contributed by atoms with Gasteiger partial charge in [0.15, 0.2) is 11.6 Å². The van der Waals surface area contributed by atoms with Crippen molar-refractivity contribution in [3.05, 3.63) is 23.6 Å². The molecule has 106 valence electrons. The molecule has 1 fully saturated rings. The van der Waals surface area contributed by atoms with Gasteiger partial charge in [-0.3, -0.25) is 0 Å². The van der Waals surface area contributed by atoms with Crippen LogP contribution in [0.2, 0.25) is 0 Å². The number of hydrogen-bond donors (Lipinski definition) is 0. The maximum Gasteiger partial charge on any atom is 0.170 e. The molecule has 0 radical (unpaired) electrons. The highest BCUT2D eigenvalue weighted by Crippen LogP contribution is 2.37. The highest BCUT2D eigenvalue weighted by Gasteiger charge is 2.33. The Morgan fingerprint density at radius 2 is 2.32 bits per heavy atom. The Morgan fingerprint density at radius 1 is 1.58 bits per heavy atom. The van der Waals surface area contributed by atoms with Crippen LogP contribution in [0.5, 0.6) is 0 Å². The second kappa shape index (κ2) is 6.53. The molecular formula is C14H20ClFN2O. The molecule has 1 atom stereocenters. The number of ether oxygens (including phenoxy) is 1. The van der Waals surface area contributed by atoms with E-state index in [1.165, 1.54) is 12.8 Å². The molecule has 5 heteroatoms. The van der Waals surface area contributed by atoms with Gasteiger partial charge in [0.25, 0.3) is 0 Å². The van der Waals surface area contributed by atoms with Gasteiger partial charge in [-0.05, 0) is 31.7 Å². The van der Waals surface area contributed by atoms with Crippen molar-refractivity contribution in [2.45, 2.75) is 31.7 Å². The number of nitrogens with zero attached hydrogens (tertiary/aromatic N) is 2. The summed E-state index contributed by atoms with van der Waals surface area (Å²) in [5, 5.41) is 0. The molecule has 0 amide bonds. The average Bonchev–Trinajstić information content (AvgIpc) is 3.25. The first-order valence-corrected chi connectivity index (χ1v) is 7.17. The number of anilines is 1. The third-order valence-corrected chi connectivity index (χ3v) is 3.99. The normalized spacial score (nSPS) is 16.4. The van der Waals surface area contributed by atoms with Crippen LogP contribution in [-0.2, 0) is 10.6 Å². The lowest BCUT2D eigenvalue weighted by molar-refractivity contribution is 0.202. The van der Waals surface area contributed by atoms with Crippen molar-refractivity contribution in [1.29, 1.82) is 0 Å². The lowest BCUT2D eigenvalue weighted by Crippen LogP contribution is -2.38. The SMILES string of the molecule is COCCN(c1nccc(CCl)c1F)C(C)C1CC1. The molecule has 0 aliphatic heterocycles. The van der Waals surface area contributed by atoms with Crippen molar-refractivity contribution in [1.82, 2.24) is 4.98 Å². The molecule has 0 N–H and O–H groups in total. The van der Waals surface area contributed by atoms with E-state index in [1.54, 1.807) is 19.4 Å². The van der Waals surface area contributed by atoms with Crippen molar-refractivity contribution in [2.24, 2.45) is 5.92 Å². The number of methoxy groups -OCH3 is 1. The Balaban J connectivity index is 2.25. The predicted octanol–water partition coefficient (Wildman–Crippen LogP) is 3.21. The number of aromatic nitrogens is 1. The fraction of sp³-hybridized carbons (Fsp3) is 0.643. The van der Waals surface area contributed by atoms with Crippen LogP contribution in [0, 0.1) is 11.7 Å². The molecule has 1 aromatic heterocycles. The maximum atomic E-state index is 14.4. The zero-order valence-corrected chi connectivity index (χ0v) is 12.2. The molecule has 1 unspecified atom stereocenters. The third kappa shape index (κ3) is 3.37. The van der Waals surface area contributed by atoms with Crippen molar-refractivity contribution in [3.8, 4) is 0 Å². The molecule has 1 aliphatic rings. The monoisotopic (exact) mass is 286 g/mol. The highest BCUT2D eigenvalue weighted by atomic mass is 35.5. The molecule has 19 heavy (non-hydrogen) atoms. The van der Waals surface area contributed by atoms with E-state index in [0.29, 0.717) is 30.5 Å². The lowest BCUT2D eigenvalue weighted by atomic mass is 10.1. The van der Waals surface area contributed by atoms with Gasteiger partial charge in [0.05, 0.1) is 12.5 Å². The molecule has 1 heterocycles. The summed E-state index contributed by atoms with van der Waals surface area (Å²) in [5.41, 5.74) is 0.497. The minimum atomic E-state index is -0.305. The van der Waals surface area contributed by atoms with Crippen LogP contribution in [-0.4, -0.2) is 31.3 Å². The van der Waals surface area contributed by atoms with Crippen molar-refractivity contribution in [2.75, 3.05) is 25.2 Å². The summed E-state index contributed by atoms with van der Waals surface area (Å²) in [6.07, 6.45) is 4.04. The summed E-state index contributed by atoms with van der Waals surface area (Å²) in [4.78, 5) is 6.21. The molecule has 2 rings (SSSR count). The topological polar surface area (TPSA) is 25.4 Å². The fourth-order valence-corrected chi connectivity index (χ4v) is 2.51. The van der Waals surface area contributed by atoms with Crippen molar-refractivity contribution in [3.63, 3.8) is 0 Å². The van der Waals surface area contributed by atoms with Gasteiger partial charge < -0.3 is 9.64 Å². The van der Waals surface area contributed by atoms with Gasteiger partial charge in [-0.15, -0.1) is 11.6 Å². The van der Waals surface area contributed by atoms with Crippen LogP contribution in [0.1, 0.15) is 25.3 Å².